The fourth-order valence-electron chi connectivity index (χ4n) is 2.80. The number of nitrogens with zero attached hydrogens (tertiary/aromatic N) is 4. The molecule has 29 heavy (non-hydrogen) atoms. The fraction of sp³-hybridized carbons (Fsp3) is 0.333. The molecule has 1 unspecified atom stereocenters. The number of rotatable bonds is 6. The van der Waals surface area contributed by atoms with Crippen molar-refractivity contribution in [3.05, 3.63) is 52.0 Å². The van der Waals surface area contributed by atoms with Gasteiger partial charge >= 0.3 is 11.7 Å². The van der Waals surface area contributed by atoms with Gasteiger partial charge in [0.25, 0.3) is 5.91 Å². The summed E-state index contributed by atoms with van der Waals surface area (Å²) in [5.74, 6) is -1.93. The van der Waals surface area contributed by atoms with E-state index in [1.54, 1.807) is 6.07 Å². The van der Waals surface area contributed by atoms with Gasteiger partial charge in [-0.05, 0) is 44.0 Å². The highest BCUT2D eigenvalue weighted by Gasteiger charge is 2.22. The molecule has 1 amide bonds. The van der Waals surface area contributed by atoms with E-state index in [-0.39, 0.29) is 11.4 Å². The van der Waals surface area contributed by atoms with Gasteiger partial charge in [-0.25, -0.2) is 4.79 Å². The van der Waals surface area contributed by atoms with Crippen LogP contribution in [0.5, 0.6) is 0 Å². The van der Waals surface area contributed by atoms with Crippen LogP contribution in [-0.2, 0) is 9.53 Å². The predicted molar refractivity (Wildman–Crippen MR) is 100 cm³/mol. The van der Waals surface area contributed by atoms with Crippen molar-refractivity contribution in [3.63, 3.8) is 0 Å². The van der Waals surface area contributed by atoms with Crippen LogP contribution in [0.4, 0.5) is 21.6 Å². The second kappa shape index (κ2) is 8.59. The quantitative estimate of drug-likeness (QED) is 0.442. The number of halogens is 1. The van der Waals surface area contributed by atoms with Crippen LogP contribution >= 0.6 is 0 Å². The first-order valence-corrected chi connectivity index (χ1v) is 8.89. The summed E-state index contributed by atoms with van der Waals surface area (Å²) in [5, 5.41) is 21.0. The second-order valence-corrected chi connectivity index (χ2v) is 6.43. The first-order chi connectivity index (χ1) is 13.8. The standard InChI is InChI=1S/C18H18FN5O5/c1-11(17(25)20-12-4-5-13(19)15(10-12)24(27)28)29-18(26)14-6-7-16(22-21-14)23-8-2-3-9-23/h4-7,10-11H,2-3,8-9H2,1H3,(H,20,25). The first kappa shape index (κ1) is 20.1. The van der Waals surface area contributed by atoms with Gasteiger partial charge in [-0.15, -0.1) is 10.2 Å². The number of nitro benzene ring substituents is 1. The van der Waals surface area contributed by atoms with Crippen LogP contribution < -0.4 is 10.2 Å². The average Bonchev–Trinajstić information content (AvgIpc) is 3.24. The molecule has 0 aliphatic carbocycles. The van der Waals surface area contributed by atoms with E-state index >= 15 is 0 Å². The summed E-state index contributed by atoms with van der Waals surface area (Å²) in [6.07, 6.45) is 0.941. The Labute approximate surface area is 164 Å². The topological polar surface area (TPSA) is 128 Å². The fourth-order valence-corrected chi connectivity index (χ4v) is 2.80. The van der Waals surface area contributed by atoms with Crippen LogP contribution in [0.2, 0.25) is 0 Å². The number of amides is 1. The number of nitrogens with one attached hydrogen (secondary N) is 1. The van der Waals surface area contributed by atoms with Gasteiger partial charge in [0.1, 0.15) is 0 Å². The minimum Gasteiger partial charge on any atom is -0.448 e. The SMILES string of the molecule is CC(OC(=O)c1ccc(N2CCCC2)nn1)C(=O)Nc1ccc(F)c([N+](=O)[O-])c1. The lowest BCUT2D eigenvalue weighted by Gasteiger charge is -2.16. The molecular weight excluding hydrogens is 385 g/mol. The van der Waals surface area contributed by atoms with E-state index in [2.05, 4.69) is 20.4 Å². The number of aromatic nitrogens is 2. The Balaban J connectivity index is 1.59. The van der Waals surface area contributed by atoms with E-state index in [1.807, 2.05) is 0 Å². The van der Waals surface area contributed by atoms with Gasteiger partial charge in [0.15, 0.2) is 17.6 Å². The van der Waals surface area contributed by atoms with Crippen molar-refractivity contribution in [2.45, 2.75) is 25.9 Å². The molecule has 2 heterocycles. The van der Waals surface area contributed by atoms with E-state index in [1.165, 1.54) is 13.0 Å². The van der Waals surface area contributed by atoms with Crippen LogP contribution in [0.15, 0.2) is 30.3 Å². The highest BCUT2D eigenvalue weighted by atomic mass is 19.1. The highest BCUT2D eigenvalue weighted by Crippen LogP contribution is 2.22. The number of carbonyl (C=O) groups is 2. The van der Waals surface area contributed by atoms with E-state index in [0.29, 0.717) is 5.82 Å². The summed E-state index contributed by atoms with van der Waals surface area (Å²) < 4.78 is 18.4. The molecule has 1 aromatic carbocycles. The molecule has 1 aromatic heterocycles. The van der Waals surface area contributed by atoms with Crippen molar-refractivity contribution in [2.75, 3.05) is 23.3 Å². The van der Waals surface area contributed by atoms with Gasteiger partial charge in [0, 0.05) is 24.8 Å². The molecule has 10 nitrogen and oxygen atoms in total. The molecule has 152 valence electrons. The largest absolute Gasteiger partial charge is 0.448 e. The van der Waals surface area contributed by atoms with Crippen LogP contribution in [-0.4, -0.2) is 46.2 Å². The predicted octanol–water partition coefficient (Wildman–Crippen LogP) is 2.31. The summed E-state index contributed by atoms with van der Waals surface area (Å²) in [5.41, 5.74) is -0.827. The zero-order valence-corrected chi connectivity index (χ0v) is 15.5. The molecule has 1 aliphatic heterocycles. The zero-order valence-electron chi connectivity index (χ0n) is 15.5. The molecule has 1 N–H and O–H groups in total. The summed E-state index contributed by atoms with van der Waals surface area (Å²) in [4.78, 5) is 36.3. The third-order valence-corrected chi connectivity index (χ3v) is 4.35. The number of nitro groups is 1. The third kappa shape index (κ3) is 4.81. The van der Waals surface area contributed by atoms with Crippen LogP contribution in [0.1, 0.15) is 30.3 Å². The molecular formula is C18H18FN5O5. The Morgan fingerprint density at radius 3 is 2.59 bits per heavy atom. The zero-order chi connectivity index (χ0) is 21.0. The lowest BCUT2D eigenvalue weighted by molar-refractivity contribution is -0.387. The molecule has 1 aliphatic rings. The Hall–Kier alpha value is -3.63. The van der Waals surface area contributed by atoms with Crippen LogP contribution in [0.3, 0.4) is 0 Å². The first-order valence-electron chi connectivity index (χ1n) is 8.89. The van der Waals surface area contributed by atoms with E-state index in [4.69, 9.17) is 4.74 Å². The van der Waals surface area contributed by atoms with Gasteiger partial charge < -0.3 is 15.0 Å². The third-order valence-electron chi connectivity index (χ3n) is 4.35. The number of benzene rings is 1. The second-order valence-electron chi connectivity index (χ2n) is 6.43. The number of ether oxygens (including phenoxy) is 1. The monoisotopic (exact) mass is 403 g/mol. The van der Waals surface area contributed by atoms with Crippen molar-refractivity contribution < 1.29 is 23.6 Å². The molecule has 1 fully saturated rings. The number of esters is 1. The lowest BCUT2D eigenvalue weighted by Crippen LogP contribution is -2.30. The smallest absolute Gasteiger partial charge is 0.359 e. The van der Waals surface area contributed by atoms with E-state index in [0.717, 1.165) is 44.1 Å². The summed E-state index contributed by atoms with van der Waals surface area (Å²) in [6.45, 7) is 3.10. The van der Waals surface area contributed by atoms with E-state index in [9.17, 15) is 24.1 Å². The molecule has 0 spiro atoms. The van der Waals surface area contributed by atoms with Gasteiger partial charge in [-0.3, -0.25) is 14.9 Å². The van der Waals surface area contributed by atoms with Crippen molar-refractivity contribution in [2.24, 2.45) is 0 Å². The summed E-state index contributed by atoms with van der Waals surface area (Å²) in [6, 6.07) is 6.04. The molecule has 2 aromatic rings. The van der Waals surface area contributed by atoms with Gasteiger partial charge in [0.05, 0.1) is 4.92 Å². The molecule has 0 saturated carbocycles. The summed E-state index contributed by atoms with van der Waals surface area (Å²) >= 11 is 0. The Morgan fingerprint density at radius 2 is 1.97 bits per heavy atom. The molecule has 0 bridgehead atoms. The van der Waals surface area contributed by atoms with Crippen molar-refractivity contribution in [3.8, 4) is 0 Å². The number of carbonyl (C=O) groups excluding carboxylic acids is 2. The van der Waals surface area contributed by atoms with Crippen molar-refractivity contribution >= 4 is 29.1 Å². The van der Waals surface area contributed by atoms with E-state index < -0.39 is 34.4 Å². The minimum absolute atomic E-state index is 0.000701. The van der Waals surface area contributed by atoms with Crippen molar-refractivity contribution in [1.29, 1.82) is 0 Å². The highest BCUT2D eigenvalue weighted by molar-refractivity contribution is 5.97. The Kier molecular flexibility index (Phi) is 5.96. The van der Waals surface area contributed by atoms with Gasteiger partial charge in [0.2, 0.25) is 5.82 Å². The summed E-state index contributed by atoms with van der Waals surface area (Å²) in [7, 11) is 0. The Morgan fingerprint density at radius 1 is 1.24 bits per heavy atom. The Bertz CT molecular complexity index is 931. The molecule has 3 rings (SSSR count). The maximum atomic E-state index is 13.4. The normalized spacial score (nSPS) is 14.3. The molecule has 11 heteroatoms. The molecule has 1 saturated heterocycles. The number of anilines is 2. The lowest BCUT2D eigenvalue weighted by atomic mass is 10.2. The van der Waals surface area contributed by atoms with Gasteiger partial charge in [-0.1, -0.05) is 0 Å². The number of hydrogen-bond donors (Lipinski definition) is 1. The van der Waals surface area contributed by atoms with Crippen LogP contribution in [0.25, 0.3) is 0 Å². The average molecular weight is 403 g/mol. The molecule has 0 radical (unpaired) electrons. The van der Waals surface area contributed by atoms with Crippen LogP contribution in [0, 0.1) is 15.9 Å². The maximum absolute atomic E-state index is 13.4. The van der Waals surface area contributed by atoms with Crippen molar-refractivity contribution in [1.82, 2.24) is 10.2 Å². The molecule has 1 atom stereocenters. The minimum atomic E-state index is -1.22. The van der Waals surface area contributed by atoms with Gasteiger partial charge in [-0.2, -0.15) is 4.39 Å². The number of hydrogen-bond acceptors (Lipinski definition) is 8. The maximum Gasteiger partial charge on any atom is 0.359 e.